The van der Waals surface area contributed by atoms with Crippen LogP contribution in [-0.4, -0.2) is 11.9 Å². The lowest BCUT2D eigenvalue weighted by Crippen LogP contribution is -2.43. The molecule has 3 unspecified atom stereocenters. The standard InChI is InChI=1S/C16H24N2O/c1-10-7-8-13(14(17)9-10)16(19)18-15-6-4-5-11(2)12(15)3/h7-9,11-12,15H,4-6,17H2,1-3H3,(H,18,19). The number of rotatable bonds is 2. The summed E-state index contributed by atoms with van der Waals surface area (Å²) in [5.74, 6) is 1.17. The lowest BCUT2D eigenvalue weighted by atomic mass is 9.78. The summed E-state index contributed by atoms with van der Waals surface area (Å²) in [6, 6.07) is 5.87. The van der Waals surface area contributed by atoms with E-state index < -0.39 is 0 Å². The number of amides is 1. The largest absolute Gasteiger partial charge is 0.398 e. The van der Waals surface area contributed by atoms with Crippen LogP contribution in [0.25, 0.3) is 0 Å². The summed E-state index contributed by atoms with van der Waals surface area (Å²) in [5.41, 5.74) is 8.16. The topological polar surface area (TPSA) is 55.1 Å². The minimum atomic E-state index is -0.0385. The van der Waals surface area contributed by atoms with E-state index in [4.69, 9.17) is 5.73 Å². The third-order valence-electron chi connectivity index (χ3n) is 4.48. The van der Waals surface area contributed by atoms with Gasteiger partial charge in [0.25, 0.3) is 5.91 Å². The van der Waals surface area contributed by atoms with Gasteiger partial charge in [0.05, 0.1) is 5.56 Å². The van der Waals surface area contributed by atoms with Gasteiger partial charge < -0.3 is 11.1 Å². The molecule has 0 aromatic heterocycles. The van der Waals surface area contributed by atoms with E-state index in [2.05, 4.69) is 19.2 Å². The van der Waals surface area contributed by atoms with Crippen molar-refractivity contribution in [3.05, 3.63) is 29.3 Å². The molecule has 0 heterocycles. The molecule has 1 fully saturated rings. The van der Waals surface area contributed by atoms with Crippen molar-refractivity contribution >= 4 is 11.6 Å². The molecule has 1 aliphatic rings. The Bertz CT molecular complexity index is 470. The summed E-state index contributed by atoms with van der Waals surface area (Å²) in [7, 11) is 0. The van der Waals surface area contributed by atoms with Crippen molar-refractivity contribution in [1.29, 1.82) is 0 Å². The maximum Gasteiger partial charge on any atom is 0.253 e. The van der Waals surface area contributed by atoms with E-state index in [-0.39, 0.29) is 11.9 Å². The first-order valence-electron chi connectivity index (χ1n) is 7.16. The molecule has 1 saturated carbocycles. The number of hydrogen-bond acceptors (Lipinski definition) is 2. The van der Waals surface area contributed by atoms with E-state index in [9.17, 15) is 4.79 Å². The highest BCUT2D eigenvalue weighted by molar-refractivity contribution is 5.99. The van der Waals surface area contributed by atoms with Gasteiger partial charge >= 0.3 is 0 Å². The average molecular weight is 260 g/mol. The molecule has 0 saturated heterocycles. The van der Waals surface area contributed by atoms with E-state index in [1.54, 1.807) is 0 Å². The molecule has 3 heteroatoms. The van der Waals surface area contributed by atoms with Crippen LogP contribution in [-0.2, 0) is 0 Å². The van der Waals surface area contributed by atoms with Crippen molar-refractivity contribution in [2.24, 2.45) is 11.8 Å². The molecule has 1 amide bonds. The Morgan fingerprint density at radius 2 is 2.05 bits per heavy atom. The smallest absolute Gasteiger partial charge is 0.253 e. The fourth-order valence-electron chi connectivity index (χ4n) is 2.92. The molecule has 0 aliphatic heterocycles. The van der Waals surface area contributed by atoms with Gasteiger partial charge in [-0.2, -0.15) is 0 Å². The van der Waals surface area contributed by atoms with Crippen LogP contribution < -0.4 is 11.1 Å². The molecule has 0 radical (unpaired) electrons. The maximum absolute atomic E-state index is 12.3. The van der Waals surface area contributed by atoms with Crippen molar-refractivity contribution < 1.29 is 4.79 Å². The number of hydrogen-bond donors (Lipinski definition) is 2. The number of nitrogens with two attached hydrogens (primary N) is 1. The monoisotopic (exact) mass is 260 g/mol. The molecular weight excluding hydrogens is 236 g/mol. The van der Waals surface area contributed by atoms with Gasteiger partial charge in [-0.1, -0.05) is 32.8 Å². The van der Waals surface area contributed by atoms with Gasteiger partial charge in [0, 0.05) is 11.7 Å². The van der Waals surface area contributed by atoms with Crippen LogP contribution in [0.15, 0.2) is 18.2 Å². The molecule has 0 bridgehead atoms. The average Bonchev–Trinajstić information content (AvgIpc) is 2.34. The number of carbonyl (C=O) groups is 1. The highest BCUT2D eigenvalue weighted by Crippen LogP contribution is 2.29. The zero-order valence-electron chi connectivity index (χ0n) is 12.1. The number of benzene rings is 1. The molecule has 3 N–H and O–H groups in total. The maximum atomic E-state index is 12.3. The van der Waals surface area contributed by atoms with E-state index in [0.717, 1.165) is 12.0 Å². The molecular formula is C16H24N2O. The quantitative estimate of drug-likeness (QED) is 0.803. The first-order valence-corrected chi connectivity index (χ1v) is 7.16. The van der Waals surface area contributed by atoms with Crippen LogP contribution in [0.3, 0.4) is 0 Å². The third kappa shape index (κ3) is 3.09. The van der Waals surface area contributed by atoms with E-state index in [0.29, 0.717) is 23.1 Å². The Hall–Kier alpha value is -1.51. The van der Waals surface area contributed by atoms with Crippen molar-refractivity contribution in [1.82, 2.24) is 5.32 Å². The second kappa shape index (κ2) is 5.64. The summed E-state index contributed by atoms with van der Waals surface area (Å²) in [6.45, 7) is 6.47. The number of nitrogen functional groups attached to an aromatic ring is 1. The highest BCUT2D eigenvalue weighted by Gasteiger charge is 2.28. The van der Waals surface area contributed by atoms with Crippen molar-refractivity contribution in [3.63, 3.8) is 0 Å². The number of aryl methyl sites for hydroxylation is 1. The molecule has 1 aromatic carbocycles. The minimum Gasteiger partial charge on any atom is -0.398 e. The lowest BCUT2D eigenvalue weighted by molar-refractivity contribution is 0.0892. The highest BCUT2D eigenvalue weighted by atomic mass is 16.1. The van der Waals surface area contributed by atoms with Crippen molar-refractivity contribution in [3.8, 4) is 0 Å². The van der Waals surface area contributed by atoms with Crippen LogP contribution in [0.4, 0.5) is 5.69 Å². The fourth-order valence-corrected chi connectivity index (χ4v) is 2.92. The summed E-state index contributed by atoms with van der Waals surface area (Å²) in [4.78, 5) is 12.3. The Morgan fingerprint density at radius 1 is 1.32 bits per heavy atom. The summed E-state index contributed by atoms with van der Waals surface area (Å²) in [5, 5.41) is 3.16. The summed E-state index contributed by atoms with van der Waals surface area (Å²) < 4.78 is 0. The Morgan fingerprint density at radius 3 is 2.74 bits per heavy atom. The predicted molar refractivity (Wildman–Crippen MR) is 79.0 cm³/mol. The van der Waals surface area contributed by atoms with Gasteiger partial charge in [-0.3, -0.25) is 4.79 Å². The molecule has 3 atom stereocenters. The first-order chi connectivity index (χ1) is 8.99. The van der Waals surface area contributed by atoms with Crippen LogP contribution in [0.5, 0.6) is 0 Å². The van der Waals surface area contributed by atoms with E-state index >= 15 is 0 Å². The van der Waals surface area contributed by atoms with Gasteiger partial charge in [0.1, 0.15) is 0 Å². The number of nitrogens with one attached hydrogen (secondary N) is 1. The Kier molecular flexibility index (Phi) is 4.13. The lowest BCUT2D eigenvalue weighted by Gasteiger charge is -2.34. The molecule has 104 valence electrons. The number of anilines is 1. The molecule has 2 rings (SSSR count). The molecule has 19 heavy (non-hydrogen) atoms. The van der Waals surface area contributed by atoms with Gasteiger partial charge in [0.2, 0.25) is 0 Å². The Balaban J connectivity index is 2.08. The minimum absolute atomic E-state index is 0.0385. The second-order valence-corrected chi connectivity index (χ2v) is 5.94. The third-order valence-corrected chi connectivity index (χ3v) is 4.48. The first kappa shape index (κ1) is 13.9. The van der Waals surface area contributed by atoms with E-state index in [1.807, 2.05) is 25.1 Å². The fraction of sp³-hybridized carbons (Fsp3) is 0.562. The van der Waals surface area contributed by atoms with Gasteiger partial charge in [-0.05, 0) is 42.9 Å². The SMILES string of the molecule is Cc1ccc(C(=O)NC2CCCC(C)C2C)c(N)c1. The predicted octanol–water partition coefficient (Wildman–Crippen LogP) is 3.13. The normalized spacial score (nSPS) is 27.0. The van der Waals surface area contributed by atoms with E-state index in [1.165, 1.54) is 12.8 Å². The van der Waals surface area contributed by atoms with Gasteiger partial charge in [-0.15, -0.1) is 0 Å². The molecule has 1 aliphatic carbocycles. The molecule has 3 nitrogen and oxygen atoms in total. The van der Waals surface area contributed by atoms with Crippen molar-refractivity contribution in [2.75, 3.05) is 5.73 Å². The van der Waals surface area contributed by atoms with Gasteiger partial charge in [0.15, 0.2) is 0 Å². The van der Waals surface area contributed by atoms with Crippen LogP contribution >= 0.6 is 0 Å². The van der Waals surface area contributed by atoms with Crippen LogP contribution in [0.1, 0.15) is 49.0 Å². The number of carbonyl (C=O) groups excluding carboxylic acids is 1. The van der Waals surface area contributed by atoms with Crippen LogP contribution in [0, 0.1) is 18.8 Å². The van der Waals surface area contributed by atoms with Crippen molar-refractivity contribution in [2.45, 2.75) is 46.1 Å². The molecule has 1 aromatic rings. The summed E-state index contributed by atoms with van der Waals surface area (Å²) in [6.07, 6.45) is 3.53. The zero-order chi connectivity index (χ0) is 14.0. The summed E-state index contributed by atoms with van der Waals surface area (Å²) >= 11 is 0. The second-order valence-electron chi connectivity index (χ2n) is 5.94. The Labute approximate surface area is 115 Å². The zero-order valence-corrected chi connectivity index (χ0v) is 12.1. The molecule has 0 spiro atoms. The van der Waals surface area contributed by atoms with Gasteiger partial charge in [-0.25, -0.2) is 0 Å². The van der Waals surface area contributed by atoms with Crippen LogP contribution in [0.2, 0.25) is 0 Å².